The molecule has 0 aliphatic carbocycles. The van der Waals surface area contributed by atoms with Crippen molar-refractivity contribution in [2.45, 2.75) is 19.9 Å². The fraction of sp³-hybridized carbons (Fsp3) is 0.273. The zero-order valence-electron chi connectivity index (χ0n) is 10.0. The lowest BCUT2D eigenvalue weighted by atomic mass is 10.3. The fourth-order valence-electron chi connectivity index (χ4n) is 0.991. The summed E-state index contributed by atoms with van der Waals surface area (Å²) >= 11 is 0. The van der Waals surface area contributed by atoms with Gasteiger partial charge in [-0.2, -0.15) is 13.9 Å². The van der Waals surface area contributed by atoms with E-state index in [9.17, 15) is 0 Å². The minimum absolute atomic E-state index is 0.389. The Bertz CT molecular complexity index is 414. The van der Waals surface area contributed by atoms with Crippen molar-refractivity contribution >= 4 is 29.6 Å². The van der Waals surface area contributed by atoms with Crippen molar-refractivity contribution < 1.29 is 13.3 Å². The summed E-state index contributed by atoms with van der Waals surface area (Å²) in [7, 11) is 4.81. The predicted octanol–water partition coefficient (Wildman–Crippen LogP) is 3.21. The average Bonchev–Trinajstić information content (AvgIpc) is 2.63. The van der Waals surface area contributed by atoms with E-state index in [1.54, 1.807) is 0 Å². The molecule has 18 heavy (non-hydrogen) atoms. The maximum Gasteiger partial charge on any atom is 0.317 e. The van der Waals surface area contributed by atoms with E-state index < -0.39 is 8.26 Å². The molecule has 1 unspecified atom stereocenters. The number of nitrogens with one attached hydrogen (secondary N) is 1. The van der Waals surface area contributed by atoms with Crippen LogP contribution >= 0.6 is 21.4 Å². The number of rotatable bonds is 0. The smallest absolute Gasteiger partial charge is 0.317 e. The summed E-state index contributed by atoms with van der Waals surface area (Å²) in [4.78, 5) is 4.88. The molecule has 0 saturated heterocycles. The molecule has 0 spiro atoms. The number of hydrogen-bond acceptors (Lipinski definition) is 4. The van der Waals surface area contributed by atoms with Crippen molar-refractivity contribution in [3.8, 4) is 0 Å². The highest BCUT2D eigenvalue weighted by molar-refractivity contribution is 8.31. The van der Waals surface area contributed by atoms with Gasteiger partial charge < -0.3 is 4.84 Å². The van der Waals surface area contributed by atoms with E-state index in [-0.39, 0.29) is 0 Å². The van der Waals surface area contributed by atoms with Gasteiger partial charge in [-0.15, -0.1) is 0 Å². The Kier molecular flexibility index (Phi) is 8.83. The van der Waals surface area contributed by atoms with Crippen LogP contribution in [-0.2, 0) is 13.1 Å². The largest absolute Gasteiger partial charge is 0.413 e. The Morgan fingerprint density at radius 3 is 1.56 bits per heavy atom. The third-order valence-electron chi connectivity index (χ3n) is 1.56. The topological polar surface area (TPSA) is 55.4 Å². The van der Waals surface area contributed by atoms with Gasteiger partial charge in [0.05, 0.1) is 6.04 Å². The first kappa shape index (κ1) is 17.2. The summed E-state index contributed by atoms with van der Waals surface area (Å²) in [5, 5.41) is 0. The van der Waals surface area contributed by atoms with Crippen LogP contribution < -0.4 is 5.48 Å². The standard InChI is InChI=1S/C6H6.C5H9NO.Cl2O2S/c1-2-4-6-5-3-1;1-4-3-5(2)7-6-4;1-5(2,3)4/h1-6H;3-4,6H,1-2H3;. The monoisotopic (exact) mass is 311 g/mol. The van der Waals surface area contributed by atoms with Crippen LogP contribution in [0, 0.1) is 0 Å². The summed E-state index contributed by atoms with van der Waals surface area (Å²) in [6.45, 7) is 3.97. The number of hydrogen-bond donors (Lipinski definition) is 1. The minimum atomic E-state index is -3.72. The van der Waals surface area contributed by atoms with Crippen molar-refractivity contribution in [3.05, 3.63) is 48.2 Å². The van der Waals surface area contributed by atoms with Crippen molar-refractivity contribution in [2.75, 3.05) is 0 Å². The second-order valence-corrected chi connectivity index (χ2v) is 6.99. The van der Waals surface area contributed by atoms with Gasteiger partial charge in [-0.25, -0.2) is 0 Å². The molecule has 1 heterocycles. The molecule has 0 saturated carbocycles. The molecule has 1 aliphatic rings. The lowest BCUT2D eigenvalue weighted by Gasteiger charge is -1.96. The van der Waals surface area contributed by atoms with Crippen LogP contribution in [0.1, 0.15) is 13.8 Å². The zero-order valence-corrected chi connectivity index (χ0v) is 12.3. The first-order chi connectivity index (χ1) is 8.29. The maximum absolute atomic E-state index is 9.16. The Morgan fingerprint density at radius 1 is 1.11 bits per heavy atom. The van der Waals surface area contributed by atoms with E-state index in [0.717, 1.165) is 5.76 Å². The summed E-state index contributed by atoms with van der Waals surface area (Å²) in [6, 6.07) is 12.4. The predicted molar refractivity (Wildman–Crippen MR) is 74.5 cm³/mol. The number of benzene rings is 1. The molecule has 2 rings (SSSR count). The highest BCUT2D eigenvalue weighted by atomic mass is 36.0. The second kappa shape index (κ2) is 9.22. The molecule has 1 aromatic carbocycles. The van der Waals surface area contributed by atoms with Gasteiger partial charge in [0, 0.05) is 21.4 Å². The Morgan fingerprint density at radius 2 is 1.44 bits per heavy atom. The SMILES string of the molecule is CC1=CC(C)NO1.O=S(=O)(Cl)Cl.c1ccccc1. The van der Waals surface area contributed by atoms with E-state index >= 15 is 0 Å². The average molecular weight is 312 g/mol. The lowest BCUT2D eigenvalue weighted by molar-refractivity contribution is 0.121. The molecular weight excluding hydrogens is 297 g/mol. The molecule has 0 radical (unpaired) electrons. The van der Waals surface area contributed by atoms with Gasteiger partial charge in [-0.3, -0.25) is 0 Å². The molecule has 1 aromatic rings. The molecule has 7 heteroatoms. The van der Waals surface area contributed by atoms with Crippen molar-refractivity contribution in [2.24, 2.45) is 0 Å². The van der Waals surface area contributed by atoms with Crippen LogP contribution in [0.25, 0.3) is 0 Å². The van der Waals surface area contributed by atoms with Gasteiger partial charge in [0.1, 0.15) is 5.76 Å². The third-order valence-corrected chi connectivity index (χ3v) is 1.56. The molecule has 1 atom stereocenters. The van der Waals surface area contributed by atoms with Gasteiger partial charge >= 0.3 is 8.26 Å². The molecule has 102 valence electrons. The van der Waals surface area contributed by atoms with E-state index in [2.05, 4.69) is 26.8 Å². The van der Waals surface area contributed by atoms with E-state index in [0.29, 0.717) is 6.04 Å². The normalized spacial score (nSPS) is 17.3. The molecule has 0 amide bonds. The Hall–Kier alpha value is -0.750. The first-order valence-corrected chi connectivity index (χ1v) is 8.17. The summed E-state index contributed by atoms with van der Waals surface area (Å²) in [5.74, 6) is 0.965. The van der Waals surface area contributed by atoms with Gasteiger partial charge in [-0.05, 0) is 19.9 Å². The minimum Gasteiger partial charge on any atom is -0.413 e. The van der Waals surface area contributed by atoms with Crippen LogP contribution in [0.4, 0.5) is 0 Å². The number of hydroxylamine groups is 1. The maximum atomic E-state index is 9.16. The van der Waals surface area contributed by atoms with Gasteiger partial charge in [0.25, 0.3) is 0 Å². The Balaban J connectivity index is 0.000000245. The van der Waals surface area contributed by atoms with Crippen molar-refractivity contribution in [1.29, 1.82) is 0 Å². The van der Waals surface area contributed by atoms with Crippen LogP contribution in [0.2, 0.25) is 0 Å². The van der Waals surface area contributed by atoms with Crippen LogP contribution in [-0.4, -0.2) is 14.5 Å². The molecule has 0 bridgehead atoms. The van der Waals surface area contributed by atoms with Crippen LogP contribution in [0.15, 0.2) is 48.2 Å². The van der Waals surface area contributed by atoms with Gasteiger partial charge in [0.2, 0.25) is 0 Å². The number of halogens is 2. The highest BCUT2D eigenvalue weighted by Crippen LogP contribution is 2.03. The molecule has 0 aromatic heterocycles. The van der Waals surface area contributed by atoms with Gasteiger partial charge in [-0.1, -0.05) is 36.4 Å². The number of allylic oxidation sites excluding steroid dienone is 1. The lowest BCUT2D eigenvalue weighted by Crippen LogP contribution is -2.15. The third kappa shape index (κ3) is 15.2. The highest BCUT2D eigenvalue weighted by Gasteiger charge is 2.05. The molecule has 0 fully saturated rings. The molecule has 1 aliphatic heterocycles. The summed E-state index contributed by atoms with van der Waals surface area (Å²) in [5.41, 5.74) is 2.78. The molecular formula is C11H15Cl2NO3S. The van der Waals surface area contributed by atoms with Crippen molar-refractivity contribution in [3.63, 3.8) is 0 Å². The molecule has 1 N–H and O–H groups in total. The van der Waals surface area contributed by atoms with Crippen LogP contribution in [0.5, 0.6) is 0 Å². The first-order valence-electron chi connectivity index (χ1n) is 5.04. The molecule has 4 nitrogen and oxygen atoms in total. The Labute approximate surface area is 116 Å². The van der Waals surface area contributed by atoms with Gasteiger partial charge in [0.15, 0.2) is 0 Å². The zero-order chi connectivity index (χ0) is 14.0. The van der Waals surface area contributed by atoms with E-state index in [4.69, 9.17) is 13.3 Å². The van der Waals surface area contributed by atoms with Crippen molar-refractivity contribution in [1.82, 2.24) is 5.48 Å². The van der Waals surface area contributed by atoms with Crippen LogP contribution in [0.3, 0.4) is 0 Å². The fourth-order valence-corrected chi connectivity index (χ4v) is 0.991. The quantitative estimate of drug-likeness (QED) is 0.747. The van der Waals surface area contributed by atoms with E-state index in [1.807, 2.05) is 56.3 Å². The second-order valence-electron chi connectivity index (χ2n) is 3.32. The summed E-state index contributed by atoms with van der Waals surface area (Å²) in [6.07, 6.45) is 2.03. The summed E-state index contributed by atoms with van der Waals surface area (Å²) < 4.78 is 18.3. The van der Waals surface area contributed by atoms with E-state index in [1.165, 1.54) is 0 Å².